The highest BCUT2D eigenvalue weighted by molar-refractivity contribution is 7.92. The summed E-state index contributed by atoms with van der Waals surface area (Å²) >= 11 is 0. The fourth-order valence-corrected chi connectivity index (χ4v) is 5.16. The summed E-state index contributed by atoms with van der Waals surface area (Å²) in [6, 6.07) is 17.1. The van der Waals surface area contributed by atoms with E-state index >= 15 is 0 Å². The lowest BCUT2D eigenvalue weighted by Crippen LogP contribution is -2.34. The zero-order chi connectivity index (χ0) is 21.9. The van der Waals surface area contributed by atoms with Gasteiger partial charge in [0, 0.05) is 0 Å². The van der Waals surface area contributed by atoms with E-state index in [1.165, 1.54) is 16.4 Å². The molecule has 0 aliphatic heterocycles. The van der Waals surface area contributed by atoms with Crippen LogP contribution in [0.25, 0.3) is 0 Å². The van der Waals surface area contributed by atoms with Crippen molar-refractivity contribution >= 4 is 15.7 Å². The standard InChI is InChI=1S/C23H24FNO4S/c1-16-5-8-19(24)15-23(16)30(26,27)25(20-9-13-22(29-4)14-10-20)17(2)18-6-11-21(28-3)12-7-18/h5-15,17H,1-4H3. The molecule has 0 radical (unpaired) electrons. The average molecular weight is 430 g/mol. The van der Waals surface area contributed by atoms with Crippen molar-refractivity contribution in [3.8, 4) is 11.5 Å². The SMILES string of the molecule is COc1ccc(C(C)N(c2ccc(OC)cc2)S(=O)(=O)c2cc(F)ccc2C)cc1. The summed E-state index contributed by atoms with van der Waals surface area (Å²) in [6.07, 6.45) is 0. The van der Waals surface area contributed by atoms with Crippen LogP contribution in [0.15, 0.2) is 71.6 Å². The van der Waals surface area contributed by atoms with Gasteiger partial charge in [0.2, 0.25) is 0 Å². The molecule has 0 saturated heterocycles. The van der Waals surface area contributed by atoms with Crippen molar-refractivity contribution in [2.45, 2.75) is 24.8 Å². The van der Waals surface area contributed by atoms with Crippen molar-refractivity contribution in [3.05, 3.63) is 83.7 Å². The van der Waals surface area contributed by atoms with Gasteiger partial charge in [-0.25, -0.2) is 12.8 Å². The van der Waals surface area contributed by atoms with E-state index in [-0.39, 0.29) is 4.90 Å². The van der Waals surface area contributed by atoms with Crippen molar-refractivity contribution < 1.29 is 22.3 Å². The summed E-state index contributed by atoms with van der Waals surface area (Å²) in [4.78, 5) is -0.0707. The average Bonchev–Trinajstić information content (AvgIpc) is 2.75. The molecule has 1 atom stereocenters. The molecule has 0 bridgehead atoms. The molecule has 30 heavy (non-hydrogen) atoms. The van der Waals surface area contributed by atoms with Crippen LogP contribution in [0.2, 0.25) is 0 Å². The number of aryl methyl sites for hydroxylation is 1. The Labute approximate surface area is 176 Å². The first kappa shape index (κ1) is 21.6. The van der Waals surface area contributed by atoms with Gasteiger partial charge in [0.25, 0.3) is 10.0 Å². The van der Waals surface area contributed by atoms with Crippen molar-refractivity contribution in [1.82, 2.24) is 0 Å². The number of nitrogens with zero attached hydrogens (tertiary/aromatic N) is 1. The van der Waals surface area contributed by atoms with Crippen LogP contribution in [0.1, 0.15) is 24.1 Å². The Morgan fingerprint density at radius 3 is 1.93 bits per heavy atom. The number of benzene rings is 3. The molecular formula is C23H24FNO4S. The first-order chi connectivity index (χ1) is 14.3. The molecule has 0 spiro atoms. The smallest absolute Gasteiger partial charge is 0.265 e. The van der Waals surface area contributed by atoms with Crippen LogP contribution in [0.3, 0.4) is 0 Å². The maximum atomic E-state index is 13.9. The summed E-state index contributed by atoms with van der Waals surface area (Å²) in [5, 5.41) is 0. The van der Waals surface area contributed by atoms with E-state index in [1.54, 1.807) is 64.5 Å². The Hall–Kier alpha value is -3.06. The molecule has 0 N–H and O–H groups in total. The van der Waals surface area contributed by atoms with Gasteiger partial charge in [-0.1, -0.05) is 18.2 Å². The highest BCUT2D eigenvalue weighted by Crippen LogP contribution is 2.35. The van der Waals surface area contributed by atoms with Gasteiger partial charge >= 0.3 is 0 Å². The third kappa shape index (κ3) is 4.26. The molecule has 3 aromatic rings. The molecule has 3 aromatic carbocycles. The summed E-state index contributed by atoms with van der Waals surface area (Å²) in [5.74, 6) is 0.673. The van der Waals surface area contributed by atoms with E-state index in [0.29, 0.717) is 22.7 Å². The lowest BCUT2D eigenvalue weighted by molar-refractivity contribution is 0.414. The zero-order valence-electron chi connectivity index (χ0n) is 17.3. The summed E-state index contributed by atoms with van der Waals surface area (Å²) in [6.45, 7) is 3.44. The van der Waals surface area contributed by atoms with Gasteiger partial charge < -0.3 is 9.47 Å². The maximum Gasteiger partial charge on any atom is 0.265 e. The first-order valence-corrected chi connectivity index (χ1v) is 10.8. The van der Waals surface area contributed by atoms with Gasteiger partial charge in [0.1, 0.15) is 17.3 Å². The number of halogens is 1. The molecule has 0 aliphatic carbocycles. The minimum Gasteiger partial charge on any atom is -0.497 e. The fourth-order valence-electron chi connectivity index (χ4n) is 3.28. The number of rotatable bonds is 7. The minimum atomic E-state index is -4.07. The topological polar surface area (TPSA) is 55.8 Å². The number of hydrogen-bond donors (Lipinski definition) is 0. The Kier molecular flexibility index (Phi) is 6.31. The van der Waals surface area contributed by atoms with Crippen LogP contribution < -0.4 is 13.8 Å². The Morgan fingerprint density at radius 1 is 0.867 bits per heavy atom. The zero-order valence-corrected chi connectivity index (χ0v) is 18.1. The van der Waals surface area contributed by atoms with Crippen molar-refractivity contribution in [3.63, 3.8) is 0 Å². The van der Waals surface area contributed by atoms with E-state index < -0.39 is 21.9 Å². The highest BCUT2D eigenvalue weighted by Gasteiger charge is 2.32. The first-order valence-electron chi connectivity index (χ1n) is 9.36. The monoisotopic (exact) mass is 429 g/mol. The predicted molar refractivity (Wildman–Crippen MR) is 115 cm³/mol. The molecule has 158 valence electrons. The normalized spacial score (nSPS) is 12.3. The largest absolute Gasteiger partial charge is 0.497 e. The molecular weight excluding hydrogens is 405 g/mol. The molecule has 0 heterocycles. The lowest BCUT2D eigenvalue weighted by atomic mass is 10.1. The number of anilines is 1. The van der Waals surface area contributed by atoms with Crippen LogP contribution in [0, 0.1) is 12.7 Å². The number of sulfonamides is 1. The van der Waals surface area contributed by atoms with E-state index in [4.69, 9.17) is 9.47 Å². The third-order valence-corrected chi connectivity index (χ3v) is 7.00. The Bertz CT molecular complexity index is 1110. The van der Waals surface area contributed by atoms with E-state index in [0.717, 1.165) is 11.6 Å². The molecule has 7 heteroatoms. The van der Waals surface area contributed by atoms with Gasteiger partial charge in [-0.05, 0) is 73.5 Å². The van der Waals surface area contributed by atoms with Gasteiger partial charge in [-0.3, -0.25) is 4.31 Å². The third-order valence-electron chi connectivity index (χ3n) is 4.96. The van der Waals surface area contributed by atoms with Gasteiger partial charge in [-0.2, -0.15) is 0 Å². The summed E-state index contributed by atoms with van der Waals surface area (Å²) < 4.78 is 53.0. The van der Waals surface area contributed by atoms with Crippen LogP contribution in [0.5, 0.6) is 11.5 Å². The van der Waals surface area contributed by atoms with E-state index in [9.17, 15) is 12.8 Å². The molecule has 5 nitrogen and oxygen atoms in total. The van der Waals surface area contributed by atoms with Crippen LogP contribution in [-0.2, 0) is 10.0 Å². The van der Waals surface area contributed by atoms with Crippen LogP contribution in [0.4, 0.5) is 10.1 Å². The van der Waals surface area contributed by atoms with Gasteiger partial charge in [0.05, 0.1) is 30.8 Å². The number of methoxy groups -OCH3 is 2. The maximum absolute atomic E-state index is 13.9. The minimum absolute atomic E-state index is 0.0707. The molecule has 1 unspecified atom stereocenters. The highest BCUT2D eigenvalue weighted by atomic mass is 32.2. The van der Waals surface area contributed by atoms with Crippen molar-refractivity contribution in [1.29, 1.82) is 0 Å². The molecule has 0 saturated carbocycles. The second-order valence-electron chi connectivity index (χ2n) is 6.86. The second kappa shape index (κ2) is 8.75. The van der Waals surface area contributed by atoms with E-state index in [1.807, 2.05) is 12.1 Å². The molecule has 0 amide bonds. The lowest BCUT2D eigenvalue weighted by Gasteiger charge is -2.31. The van der Waals surface area contributed by atoms with E-state index in [2.05, 4.69) is 0 Å². The fraction of sp³-hybridized carbons (Fsp3) is 0.217. The summed E-state index contributed by atoms with van der Waals surface area (Å²) in [5.41, 5.74) is 1.68. The molecule has 0 fully saturated rings. The Balaban J connectivity index is 2.16. The quantitative estimate of drug-likeness (QED) is 0.524. The van der Waals surface area contributed by atoms with Gasteiger partial charge in [0.15, 0.2) is 0 Å². The molecule has 3 rings (SSSR count). The van der Waals surface area contributed by atoms with Gasteiger partial charge in [-0.15, -0.1) is 0 Å². The molecule has 0 aliphatic rings. The molecule has 0 aromatic heterocycles. The van der Waals surface area contributed by atoms with Crippen LogP contribution >= 0.6 is 0 Å². The Morgan fingerprint density at radius 2 is 1.40 bits per heavy atom. The summed E-state index contributed by atoms with van der Waals surface area (Å²) in [7, 11) is -0.959. The number of ether oxygens (including phenoxy) is 2. The van der Waals surface area contributed by atoms with Crippen LogP contribution in [-0.4, -0.2) is 22.6 Å². The number of hydrogen-bond acceptors (Lipinski definition) is 4. The van der Waals surface area contributed by atoms with Crippen molar-refractivity contribution in [2.24, 2.45) is 0 Å². The predicted octanol–water partition coefficient (Wildman–Crippen LogP) is 5.11. The van der Waals surface area contributed by atoms with Crippen molar-refractivity contribution in [2.75, 3.05) is 18.5 Å². The second-order valence-corrected chi connectivity index (χ2v) is 8.64.